The zero-order chi connectivity index (χ0) is 13.2. The van der Waals surface area contributed by atoms with Gasteiger partial charge in [0.05, 0.1) is 6.26 Å². The predicted octanol–water partition coefficient (Wildman–Crippen LogP) is 1.49. The number of hydrogen-bond donors (Lipinski definition) is 0. The number of hydrogen-bond acceptors (Lipinski definition) is 4. The first-order chi connectivity index (χ1) is 8.47. The van der Waals surface area contributed by atoms with Gasteiger partial charge in [0.15, 0.2) is 0 Å². The van der Waals surface area contributed by atoms with E-state index >= 15 is 0 Å². The van der Waals surface area contributed by atoms with Crippen LogP contribution in [0.2, 0.25) is 5.15 Å². The second-order valence-corrected chi connectivity index (χ2v) is 6.86. The molecule has 0 bridgehead atoms. The summed E-state index contributed by atoms with van der Waals surface area (Å²) in [6, 6.07) is 1.81. The van der Waals surface area contributed by atoms with E-state index in [1.165, 1.54) is 12.6 Å². The number of sulfonamides is 1. The maximum absolute atomic E-state index is 11.6. The summed E-state index contributed by atoms with van der Waals surface area (Å²) in [4.78, 5) is 7.95. The van der Waals surface area contributed by atoms with E-state index in [-0.39, 0.29) is 6.04 Å². The average molecular weight is 290 g/mol. The lowest BCUT2D eigenvalue weighted by molar-refractivity contribution is 0.372. The molecule has 1 saturated heterocycles. The molecular formula is C11H16ClN3O2S. The highest BCUT2D eigenvalue weighted by Gasteiger charge is 2.30. The highest BCUT2D eigenvalue weighted by molar-refractivity contribution is 7.88. The molecule has 2 heterocycles. The fraction of sp³-hybridized carbons (Fsp3) is 0.636. The van der Waals surface area contributed by atoms with Crippen LogP contribution in [0, 0.1) is 0 Å². The second-order valence-electron chi connectivity index (χ2n) is 4.54. The van der Waals surface area contributed by atoms with Crippen LogP contribution < -0.4 is 0 Å². The number of nitrogens with zero attached hydrogens (tertiary/aromatic N) is 3. The van der Waals surface area contributed by atoms with Crippen molar-refractivity contribution in [3.05, 3.63) is 23.2 Å². The van der Waals surface area contributed by atoms with Gasteiger partial charge in [0.2, 0.25) is 10.0 Å². The summed E-state index contributed by atoms with van der Waals surface area (Å²) >= 11 is 5.78. The number of aryl methyl sites for hydroxylation is 1. The van der Waals surface area contributed by atoms with Crippen molar-refractivity contribution in [3.8, 4) is 0 Å². The molecule has 0 aromatic carbocycles. The maximum Gasteiger partial charge on any atom is 0.211 e. The Bertz CT molecular complexity index is 521. The fourth-order valence-electron chi connectivity index (χ4n) is 2.36. The van der Waals surface area contributed by atoms with E-state index in [9.17, 15) is 8.42 Å². The topological polar surface area (TPSA) is 63.2 Å². The van der Waals surface area contributed by atoms with Crippen LogP contribution >= 0.6 is 11.6 Å². The van der Waals surface area contributed by atoms with E-state index in [2.05, 4.69) is 9.97 Å². The van der Waals surface area contributed by atoms with Gasteiger partial charge in [-0.15, -0.1) is 0 Å². The molecule has 1 atom stereocenters. The third-order valence-corrected chi connectivity index (χ3v) is 4.71. The predicted molar refractivity (Wildman–Crippen MR) is 69.9 cm³/mol. The minimum absolute atomic E-state index is 0.0914. The summed E-state index contributed by atoms with van der Waals surface area (Å²) in [5.41, 5.74) is 0.857. The van der Waals surface area contributed by atoms with Gasteiger partial charge in [-0.05, 0) is 31.7 Å². The summed E-state index contributed by atoms with van der Waals surface area (Å²) in [6.07, 6.45) is 6.06. The van der Waals surface area contributed by atoms with Gasteiger partial charge in [-0.3, -0.25) is 0 Å². The molecule has 1 fully saturated rings. The van der Waals surface area contributed by atoms with Crippen molar-refractivity contribution in [2.24, 2.45) is 0 Å². The first-order valence-electron chi connectivity index (χ1n) is 5.90. The number of aromatic nitrogens is 2. The molecule has 1 aromatic heterocycles. The van der Waals surface area contributed by atoms with Crippen LogP contribution in [0.15, 0.2) is 12.4 Å². The lowest BCUT2D eigenvalue weighted by Gasteiger charge is -2.21. The third kappa shape index (κ3) is 3.40. The van der Waals surface area contributed by atoms with Gasteiger partial charge in [0.25, 0.3) is 0 Å². The van der Waals surface area contributed by atoms with E-state index in [0.717, 1.165) is 31.4 Å². The van der Waals surface area contributed by atoms with E-state index < -0.39 is 10.0 Å². The fourth-order valence-corrected chi connectivity index (χ4v) is 3.74. The molecule has 18 heavy (non-hydrogen) atoms. The molecule has 7 heteroatoms. The molecule has 1 aliphatic rings. The Labute approximate surface area is 112 Å². The van der Waals surface area contributed by atoms with Gasteiger partial charge in [-0.1, -0.05) is 11.6 Å². The normalized spacial score (nSPS) is 21.3. The summed E-state index contributed by atoms with van der Waals surface area (Å²) in [6.45, 7) is 0.633. The van der Waals surface area contributed by atoms with Crippen molar-refractivity contribution in [2.75, 3.05) is 12.8 Å². The van der Waals surface area contributed by atoms with E-state index in [1.807, 2.05) is 0 Å². The van der Waals surface area contributed by atoms with Crippen LogP contribution in [0.5, 0.6) is 0 Å². The third-order valence-electron chi connectivity index (χ3n) is 3.17. The van der Waals surface area contributed by atoms with Crippen LogP contribution in [-0.4, -0.2) is 41.5 Å². The van der Waals surface area contributed by atoms with Crippen molar-refractivity contribution >= 4 is 21.6 Å². The van der Waals surface area contributed by atoms with Crippen molar-refractivity contribution < 1.29 is 8.42 Å². The van der Waals surface area contributed by atoms with E-state index in [1.54, 1.807) is 10.4 Å². The van der Waals surface area contributed by atoms with Crippen molar-refractivity contribution in [1.82, 2.24) is 14.3 Å². The summed E-state index contributed by atoms with van der Waals surface area (Å²) in [7, 11) is -3.09. The molecule has 1 unspecified atom stereocenters. The summed E-state index contributed by atoms with van der Waals surface area (Å²) < 4.78 is 24.8. The zero-order valence-electron chi connectivity index (χ0n) is 10.2. The quantitative estimate of drug-likeness (QED) is 0.788. The molecular weight excluding hydrogens is 274 g/mol. The standard InChI is InChI=1S/C11H16ClN3O2S/c1-18(16,17)15-6-2-3-10(15)5-4-9-7-11(12)14-8-13-9/h7-8,10H,2-6H2,1H3. The maximum atomic E-state index is 11.6. The van der Waals surface area contributed by atoms with Gasteiger partial charge in [-0.25, -0.2) is 18.4 Å². The SMILES string of the molecule is CS(=O)(=O)N1CCCC1CCc1cc(Cl)ncn1. The summed E-state index contributed by atoms with van der Waals surface area (Å²) in [5, 5.41) is 0.423. The Balaban J connectivity index is 1.98. The van der Waals surface area contributed by atoms with Crippen molar-refractivity contribution in [3.63, 3.8) is 0 Å². The summed E-state index contributed by atoms with van der Waals surface area (Å²) in [5.74, 6) is 0. The van der Waals surface area contributed by atoms with Gasteiger partial charge in [0, 0.05) is 18.3 Å². The van der Waals surface area contributed by atoms with E-state index in [4.69, 9.17) is 11.6 Å². The Hall–Kier alpha value is -0.720. The van der Waals surface area contributed by atoms with Crippen LogP contribution in [0.25, 0.3) is 0 Å². The van der Waals surface area contributed by atoms with Gasteiger partial charge >= 0.3 is 0 Å². The molecule has 0 aliphatic carbocycles. The highest BCUT2D eigenvalue weighted by Crippen LogP contribution is 2.24. The number of rotatable bonds is 4. The molecule has 100 valence electrons. The largest absolute Gasteiger partial charge is 0.241 e. The molecule has 1 aromatic rings. The lowest BCUT2D eigenvalue weighted by atomic mass is 10.1. The van der Waals surface area contributed by atoms with Crippen molar-refractivity contribution in [1.29, 1.82) is 0 Å². The minimum Gasteiger partial charge on any atom is -0.241 e. The Morgan fingerprint density at radius 2 is 2.28 bits per heavy atom. The molecule has 0 saturated carbocycles. The molecule has 0 N–H and O–H groups in total. The van der Waals surface area contributed by atoms with Crippen LogP contribution in [-0.2, 0) is 16.4 Å². The van der Waals surface area contributed by atoms with Gasteiger partial charge in [0.1, 0.15) is 11.5 Å². The first kappa shape index (κ1) is 13.7. The molecule has 1 aliphatic heterocycles. The highest BCUT2D eigenvalue weighted by atomic mass is 35.5. The van der Waals surface area contributed by atoms with Gasteiger partial charge in [-0.2, -0.15) is 4.31 Å². The van der Waals surface area contributed by atoms with Gasteiger partial charge < -0.3 is 0 Å². The Morgan fingerprint density at radius 3 is 2.94 bits per heavy atom. The second kappa shape index (κ2) is 5.50. The monoisotopic (exact) mass is 289 g/mol. The molecule has 2 rings (SSSR count). The van der Waals surface area contributed by atoms with Crippen LogP contribution in [0.1, 0.15) is 25.0 Å². The first-order valence-corrected chi connectivity index (χ1v) is 8.12. The minimum atomic E-state index is -3.09. The average Bonchev–Trinajstić information content (AvgIpc) is 2.74. The molecule has 0 spiro atoms. The lowest BCUT2D eigenvalue weighted by Crippen LogP contribution is -2.34. The number of halogens is 1. The smallest absolute Gasteiger partial charge is 0.211 e. The van der Waals surface area contributed by atoms with E-state index in [0.29, 0.717) is 11.7 Å². The Kier molecular flexibility index (Phi) is 4.19. The van der Waals surface area contributed by atoms with Crippen LogP contribution in [0.3, 0.4) is 0 Å². The van der Waals surface area contributed by atoms with Crippen molar-refractivity contribution in [2.45, 2.75) is 31.7 Å². The zero-order valence-corrected chi connectivity index (χ0v) is 11.8. The molecule has 0 radical (unpaired) electrons. The molecule has 5 nitrogen and oxygen atoms in total. The molecule has 0 amide bonds. The Morgan fingerprint density at radius 1 is 1.50 bits per heavy atom. The van der Waals surface area contributed by atoms with Crippen LogP contribution in [0.4, 0.5) is 0 Å².